The molecule has 1 rings (SSSR count). The summed E-state index contributed by atoms with van der Waals surface area (Å²) >= 11 is 0. The van der Waals surface area contributed by atoms with Crippen LogP contribution in [-0.2, 0) is 0 Å². The molecule has 4 heteroatoms. The summed E-state index contributed by atoms with van der Waals surface area (Å²) in [6.45, 7) is 2.53. The lowest BCUT2D eigenvalue weighted by atomic mass is 10.1. The number of aliphatic hydroxyl groups excluding tert-OH is 1. The monoisotopic (exact) mass is 208 g/mol. The van der Waals surface area contributed by atoms with E-state index in [0.29, 0.717) is 18.6 Å². The van der Waals surface area contributed by atoms with Crippen LogP contribution in [0.2, 0.25) is 0 Å². The molecule has 1 aromatic rings. The molecule has 0 atom stereocenters. The minimum atomic E-state index is 0.0556. The molecule has 0 saturated heterocycles. The Bertz CT molecular complexity index is 350. The van der Waals surface area contributed by atoms with Crippen LogP contribution >= 0.6 is 0 Å². The third-order valence-electron chi connectivity index (χ3n) is 2.05. The van der Waals surface area contributed by atoms with Gasteiger partial charge >= 0.3 is 0 Å². The molecule has 4 N–H and O–H groups in total. The molecule has 4 nitrogen and oxygen atoms in total. The van der Waals surface area contributed by atoms with Gasteiger partial charge in [0.1, 0.15) is 11.6 Å². The van der Waals surface area contributed by atoms with Gasteiger partial charge in [-0.2, -0.15) is 0 Å². The van der Waals surface area contributed by atoms with Gasteiger partial charge in [-0.3, -0.25) is 5.41 Å². The van der Waals surface area contributed by atoms with Gasteiger partial charge in [-0.05, 0) is 30.7 Å². The van der Waals surface area contributed by atoms with E-state index in [1.54, 1.807) is 12.1 Å². The zero-order valence-corrected chi connectivity index (χ0v) is 8.79. The van der Waals surface area contributed by atoms with Gasteiger partial charge in [0.05, 0.1) is 6.61 Å². The topological polar surface area (TPSA) is 79.3 Å². The Morgan fingerprint density at radius 3 is 2.80 bits per heavy atom. The number of nitrogens with one attached hydrogen (secondary N) is 1. The number of hydrogen-bond donors (Lipinski definition) is 3. The van der Waals surface area contributed by atoms with Crippen LogP contribution in [0.15, 0.2) is 18.2 Å². The average molecular weight is 208 g/mol. The molecule has 0 spiro atoms. The van der Waals surface area contributed by atoms with Crippen molar-refractivity contribution in [3.8, 4) is 5.75 Å². The lowest BCUT2D eigenvalue weighted by molar-refractivity contribution is 0.233. The number of benzene rings is 1. The van der Waals surface area contributed by atoms with Crippen molar-refractivity contribution in [2.75, 3.05) is 13.2 Å². The maximum Gasteiger partial charge on any atom is 0.122 e. The summed E-state index contributed by atoms with van der Waals surface area (Å²) < 4.78 is 5.44. The Morgan fingerprint density at radius 2 is 2.27 bits per heavy atom. The van der Waals surface area contributed by atoms with Crippen molar-refractivity contribution in [3.05, 3.63) is 29.3 Å². The Hall–Kier alpha value is -1.55. The summed E-state index contributed by atoms with van der Waals surface area (Å²) in [5.74, 6) is 0.827. The minimum Gasteiger partial charge on any atom is -0.493 e. The lowest BCUT2D eigenvalue weighted by Gasteiger charge is -2.09. The number of ether oxygens (including phenoxy) is 1. The second-order valence-corrected chi connectivity index (χ2v) is 3.32. The fraction of sp³-hybridized carbons (Fsp3) is 0.364. The Balaban J connectivity index is 2.70. The van der Waals surface area contributed by atoms with Crippen molar-refractivity contribution in [1.29, 1.82) is 5.41 Å². The van der Waals surface area contributed by atoms with Crippen LogP contribution < -0.4 is 10.5 Å². The van der Waals surface area contributed by atoms with Crippen molar-refractivity contribution in [3.63, 3.8) is 0 Å². The predicted octanol–water partition coefficient (Wildman–Crippen LogP) is 1.04. The number of nitrogen functional groups attached to an aromatic ring is 1. The van der Waals surface area contributed by atoms with Crippen LogP contribution in [-0.4, -0.2) is 24.2 Å². The number of aryl methyl sites for hydroxylation is 1. The van der Waals surface area contributed by atoms with Gasteiger partial charge < -0.3 is 15.6 Å². The SMILES string of the molecule is Cc1cc(C(=N)N)ccc1OCCCO. The van der Waals surface area contributed by atoms with E-state index in [1.165, 1.54) is 0 Å². The molecule has 0 aromatic heterocycles. The molecule has 15 heavy (non-hydrogen) atoms. The van der Waals surface area contributed by atoms with Crippen LogP contribution in [0.25, 0.3) is 0 Å². The normalized spacial score (nSPS) is 10.0. The maximum absolute atomic E-state index is 8.61. The van der Waals surface area contributed by atoms with E-state index >= 15 is 0 Å². The summed E-state index contributed by atoms with van der Waals surface area (Å²) in [6, 6.07) is 5.36. The van der Waals surface area contributed by atoms with Gasteiger partial charge in [0.25, 0.3) is 0 Å². The molecule has 0 saturated carbocycles. The highest BCUT2D eigenvalue weighted by atomic mass is 16.5. The fourth-order valence-electron chi connectivity index (χ4n) is 1.23. The largest absolute Gasteiger partial charge is 0.493 e. The highest BCUT2D eigenvalue weighted by Gasteiger charge is 2.02. The van der Waals surface area contributed by atoms with Gasteiger partial charge in [-0.1, -0.05) is 0 Å². The highest BCUT2D eigenvalue weighted by Crippen LogP contribution is 2.18. The fourth-order valence-corrected chi connectivity index (χ4v) is 1.23. The summed E-state index contributed by atoms with van der Waals surface area (Å²) in [6.07, 6.45) is 0.619. The molecule has 0 heterocycles. The van der Waals surface area contributed by atoms with Gasteiger partial charge in [-0.25, -0.2) is 0 Å². The Labute approximate surface area is 89.2 Å². The van der Waals surface area contributed by atoms with Gasteiger partial charge in [0.2, 0.25) is 0 Å². The summed E-state index contributed by atoms with van der Waals surface area (Å²) in [4.78, 5) is 0. The number of amidine groups is 1. The predicted molar refractivity (Wildman–Crippen MR) is 59.4 cm³/mol. The number of aliphatic hydroxyl groups is 1. The third-order valence-corrected chi connectivity index (χ3v) is 2.05. The second kappa shape index (κ2) is 5.36. The summed E-state index contributed by atoms with van der Waals surface area (Å²) in [7, 11) is 0. The number of nitrogens with two attached hydrogens (primary N) is 1. The number of rotatable bonds is 5. The van der Waals surface area contributed by atoms with E-state index in [0.717, 1.165) is 11.3 Å². The molecular formula is C11H16N2O2. The van der Waals surface area contributed by atoms with Gasteiger partial charge in [-0.15, -0.1) is 0 Å². The van der Waals surface area contributed by atoms with Crippen LogP contribution in [0.1, 0.15) is 17.5 Å². The first kappa shape index (κ1) is 11.5. The molecule has 0 radical (unpaired) electrons. The van der Waals surface area contributed by atoms with E-state index in [4.69, 9.17) is 21.0 Å². The van der Waals surface area contributed by atoms with Crippen LogP contribution in [0.5, 0.6) is 5.75 Å². The van der Waals surface area contributed by atoms with Crippen LogP contribution in [0, 0.1) is 12.3 Å². The van der Waals surface area contributed by atoms with E-state index in [2.05, 4.69) is 0 Å². The van der Waals surface area contributed by atoms with Crippen molar-refractivity contribution in [2.24, 2.45) is 5.73 Å². The number of hydrogen-bond acceptors (Lipinski definition) is 3. The van der Waals surface area contributed by atoms with Crippen LogP contribution in [0.3, 0.4) is 0 Å². The molecule has 0 aliphatic rings. The molecule has 0 aliphatic carbocycles. The molecule has 0 fully saturated rings. The van der Waals surface area contributed by atoms with E-state index in [1.807, 2.05) is 13.0 Å². The second-order valence-electron chi connectivity index (χ2n) is 3.32. The molecular weight excluding hydrogens is 192 g/mol. The molecule has 1 aromatic carbocycles. The summed E-state index contributed by atoms with van der Waals surface area (Å²) in [5.41, 5.74) is 7.01. The Morgan fingerprint density at radius 1 is 1.53 bits per heavy atom. The zero-order valence-electron chi connectivity index (χ0n) is 8.79. The first-order valence-electron chi connectivity index (χ1n) is 4.84. The molecule has 82 valence electrons. The van der Waals surface area contributed by atoms with E-state index < -0.39 is 0 Å². The maximum atomic E-state index is 8.61. The highest BCUT2D eigenvalue weighted by molar-refractivity contribution is 5.95. The standard InChI is InChI=1S/C11H16N2O2/c1-8-7-9(11(12)13)3-4-10(8)15-6-2-5-14/h3-4,7,14H,2,5-6H2,1H3,(H3,12,13). The zero-order chi connectivity index (χ0) is 11.3. The quantitative estimate of drug-likeness (QED) is 0.384. The van der Waals surface area contributed by atoms with Crippen molar-refractivity contribution >= 4 is 5.84 Å². The molecule has 0 unspecified atom stereocenters. The van der Waals surface area contributed by atoms with Crippen molar-refractivity contribution in [2.45, 2.75) is 13.3 Å². The Kier molecular flexibility index (Phi) is 4.12. The molecule has 0 amide bonds. The van der Waals surface area contributed by atoms with E-state index in [-0.39, 0.29) is 12.4 Å². The van der Waals surface area contributed by atoms with Crippen molar-refractivity contribution < 1.29 is 9.84 Å². The van der Waals surface area contributed by atoms with Gasteiger partial charge in [0, 0.05) is 18.6 Å². The first-order valence-corrected chi connectivity index (χ1v) is 4.84. The van der Waals surface area contributed by atoms with Crippen molar-refractivity contribution in [1.82, 2.24) is 0 Å². The molecule has 0 bridgehead atoms. The van der Waals surface area contributed by atoms with Gasteiger partial charge in [0.15, 0.2) is 0 Å². The third kappa shape index (κ3) is 3.25. The summed E-state index contributed by atoms with van der Waals surface area (Å²) in [5, 5.41) is 15.9. The minimum absolute atomic E-state index is 0.0556. The first-order chi connectivity index (χ1) is 7.15. The lowest BCUT2D eigenvalue weighted by Crippen LogP contribution is -2.11. The molecule has 0 aliphatic heterocycles. The average Bonchev–Trinajstić information content (AvgIpc) is 2.20. The van der Waals surface area contributed by atoms with E-state index in [9.17, 15) is 0 Å². The van der Waals surface area contributed by atoms with Crippen LogP contribution in [0.4, 0.5) is 0 Å². The smallest absolute Gasteiger partial charge is 0.122 e.